The molecule has 0 radical (unpaired) electrons. The van der Waals surface area contributed by atoms with Crippen molar-refractivity contribution in [3.63, 3.8) is 0 Å². The van der Waals surface area contributed by atoms with E-state index in [2.05, 4.69) is 20.3 Å². The first kappa shape index (κ1) is 23.3. The molecule has 1 atom stereocenters. The van der Waals surface area contributed by atoms with Gasteiger partial charge in [-0.1, -0.05) is 24.3 Å². The van der Waals surface area contributed by atoms with Gasteiger partial charge in [-0.05, 0) is 55.3 Å². The molecular weight excluding hydrogens is 482 g/mol. The predicted octanol–water partition coefficient (Wildman–Crippen LogP) is 4.62. The SMILES string of the molecule is COc1cc(-c2c[nH]c3ncnc(NC(C)c4nn5ccc(C)c5c(=O)n4-c4ccccc4)c23)ccc1O. The molecule has 0 aliphatic carbocycles. The summed E-state index contributed by atoms with van der Waals surface area (Å²) in [6.07, 6.45) is 5.11. The molecule has 6 aromatic rings. The number of phenolic OH excluding ortho intramolecular Hbond substituents is 1. The molecule has 0 saturated carbocycles. The first-order valence-corrected chi connectivity index (χ1v) is 12.1. The standard InChI is InChI=1S/C28H25N7O3/c1-16-11-12-34-24(16)28(37)35(19-7-5-4-6-8-19)27(33-34)17(2)32-26-23-20(14-29-25(23)30-15-31-26)18-9-10-21(36)22(13-18)38-3/h4-15,17,36H,1-3H3,(H2,29,30,31,32). The molecule has 0 fully saturated rings. The van der Waals surface area contributed by atoms with Crippen molar-refractivity contribution < 1.29 is 9.84 Å². The molecule has 38 heavy (non-hydrogen) atoms. The minimum Gasteiger partial charge on any atom is -0.504 e. The molecule has 0 bridgehead atoms. The number of aryl methyl sites for hydroxylation is 1. The molecule has 6 rings (SSSR count). The fourth-order valence-electron chi connectivity index (χ4n) is 4.75. The van der Waals surface area contributed by atoms with Crippen molar-refractivity contribution in [2.45, 2.75) is 19.9 Å². The molecular formula is C28H25N7O3. The van der Waals surface area contributed by atoms with E-state index in [4.69, 9.17) is 9.84 Å². The first-order chi connectivity index (χ1) is 18.5. The van der Waals surface area contributed by atoms with Crippen molar-refractivity contribution in [2.75, 3.05) is 12.4 Å². The van der Waals surface area contributed by atoms with Gasteiger partial charge in [0.05, 0.1) is 24.2 Å². The Labute approximate surface area is 217 Å². The van der Waals surface area contributed by atoms with E-state index in [1.807, 2.05) is 56.4 Å². The normalized spacial score (nSPS) is 12.2. The van der Waals surface area contributed by atoms with Gasteiger partial charge in [0.2, 0.25) is 0 Å². The molecule has 4 aromatic heterocycles. The Hall–Kier alpha value is -5.12. The lowest BCUT2D eigenvalue weighted by atomic mass is 10.1. The predicted molar refractivity (Wildman–Crippen MR) is 145 cm³/mol. The van der Waals surface area contributed by atoms with Crippen LogP contribution >= 0.6 is 0 Å². The maximum atomic E-state index is 13.7. The van der Waals surface area contributed by atoms with Crippen molar-refractivity contribution in [3.05, 3.63) is 95.1 Å². The topological polar surface area (TPSA) is 122 Å². The summed E-state index contributed by atoms with van der Waals surface area (Å²) in [5.41, 5.74) is 4.26. The van der Waals surface area contributed by atoms with E-state index < -0.39 is 6.04 Å². The highest BCUT2D eigenvalue weighted by Crippen LogP contribution is 2.37. The molecule has 2 aromatic carbocycles. The van der Waals surface area contributed by atoms with Crippen LogP contribution in [0.15, 0.2) is 78.1 Å². The van der Waals surface area contributed by atoms with Crippen LogP contribution in [-0.4, -0.2) is 41.3 Å². The Morgan fingerprint density at radius 3 is 2.71 bits per heavy atom. The van der Waals surface area contributed by atoms with Crippen molar-refractivity contribution in [3.8, 4) is 28.3 Å². The molecule has 0 spiro atoms. The van der Waals surface area contributed by atoms with E-state index in [0.29, 0.717) is 28.6 Å². The minimum atomic E-state index is -0.412. The number of rotatable bonds is 6. The highest BCUT2D eigenvalue weighted by Gasteiger charge is 2.22. The number of H-pyrrole nitrogens is 1. The van der Waals surface area contributed by atoms with E-state index in [1.165, 1.54) is 13.4 Å². The van der Waals surface area contributed by atoms with Crippen LogP contribution in [0.4, 0.5) is 5.82 Å². The summed E-state index contributed by atoms with van der Waals surface area (Å²) in [7, 11) is 1.51. The second-order valence-electron chi connectivity index (χ2n) is 9.03. The number of nitrogens with one attached hydrogen (secondary N) is 2. The number of para-hydroxylation sites is 1. The number of hydrogen-bond acceptors (Lipinski definition) is 7. The quantitative estimate of drug-likeness (QED) is 0.301. The third kappa shape index (κ3) is 3.74. The number of benzene rings is 2. The zero-order valence-electron chi connectivity index (χ0n) is 21.0. The third-order valence-corrected chi connectivity index (χ3v) is 6.63. The maximum Gasteiger partial charge on any atom is 0.282 e. The molecule has 10 heteroatoms. The molecule has 4 heterocycles. The Morgan fingerprint density at radius 1 is 1.11 bits per heavy atom. The number of aromatic amines is 1. The average molecular weight is 508 g/mol. The van der Waals surface area contributed by atoms with E-state index in [-0.39, 0.29) is 11.3 Å². The Bertz CT molecular complexity index is 1850. The fraction of sp³-hybridized carbons (Fsp3) is 0.143. The highest BCUT2D eigenvalue weighted by molar-refractivity contribution is 6.01. The van der Waals surface area contributed by atoms with Gasteiger partial charge in [0.15, 0.2) is 17.3 Å². The number of methoxy groups -OCH3 is 1. The Morgan fingerprint density at radius 2 is 1.92 bits per heavy atom. The zero-order valence-corrected chi connectivity index (χ0v) is 21.0. The number of hydrogen-bond donors (Lipinski definition) is 3. The number of aromatic nitrogens is 6. The van der Waals surface area contributed by atoms with Crippen LogP contribution in [0.3, 0.4) is 0 Å². The number of fused-ring (bicyclic) bond motifs is 2. The first-order valence-electron chi connectivity index (χ1n) is 12.1. The monoisotopic (exact) mass is 507 g/mol. The van der Waals surface area contributed by atoms with Crippen molar-refractivity contribution in [1.82, 2.24) is 29.1 Å². The molecule has 1 unspecified atom stereocenters. The van der Waals surface area contributed by atoms with Gasteiger partial charge in [0, 0.05) is 18.0 Å². The van der Waals surface area contributed by atoms with Gasteiger partial charge in [-0.3, -0.25) is 9.36 Å². The zero-order chi connectivity index (χ0) is 26.4. The molecule has 10 nitrogen and oxygen atoms in total. The number of aromatic hydroxyl groups is 1. The van der Waals surface area contributed by atoms with Crippen molar-refractivity contribution in [1.29, 1.82) is 0 Å². The summed E-state index contributed by atoms with van der Waals surface area (Å²) in [5.74, 6) is 1.52. The summed E-state index contributed by atoms with van der Waals surface area (Å²) < 4.78 is 8.57. The van der Waals surface area contributed by atoms with Crippen LogP contribution in [0.2, 0.25) is 0 Å². The molecule has 0 amide bonds. The summed E-state index contributed by atoms with van der Waals surface area (Å²) in [5, 5.41) is 19.1. The smallest absolute Gasteiger partial charge is 0.282 e. The van der Waals surface area contributed by atoms with Gasteiger partial charge in [-0.25, -0.2) is 14.5 Å². The molecule has 0 saturated heterocycles. The van der Waals surface area contributed by atoms with Crippen LogP contribution in [0, 0.1) is 6.92 Å². The van der Waals surface area contributed by atoms with Crippen molar-refractivity contribution >= 4 is 22.4 Å². The van der Waals surface area contributed by atoms with Crippen LogP contribution in [0.1, 0.15) is 24.4 Å². The minimum absolute atomic E-state index is 0.0555. The van der Waals surface area contributed by atoms with Gasteiger partial charge in [0.25, 0.3) is 5.56 Å². The molecule has 3 N–H and O–H groups in total. The van der Waals surface area contributed by atoms with Crippen molar-refractivity contribution in [2.24, 2.45) is 0 Å². The van der Waals surface area contributed by atoms with Gasteiger partial charge in [-0.15, -0.1) is 0 Å². The summed E-state index contributed by atoms with van der Waals surface area (Å²) >= 11 is 0. The fourth-order valence-corrected chi connectivity index (χ4v) is 4.75. The largest absolute Gasteiger partial charge is 0.504 e. The molecule has 0 aliphatic heterocycles. The highest BCUT2D eigenvalue weighted by atomic mass is 16.5. The molecule has 0 aliphatic rings. The maximum absolute atomic E-state index is 13.7. The summed E-state index contributed by atoms with van der Waals surface area (Å²) in [4.78, 5) is 25.8. The van der Waals surface area contributed by atoms with Gasteiger partial charge in [0.1, 0.15) is 23.3 Å². The average Bonchev–Trinajstić information content (AvgIpc) is 3.54. The van der Waals surface area contributed by atoms with Crippen LogP contribution in [0.25, 0.3) is 33.4 Å². The van der Waals surface area contributed by atoms with E-state index in [0.717, 1.165) is 27.8 Å². The third-order valence-electron chi connectivity index (χ3n) is 6.63. The number of phenols is 1. The molecule has 190 valence electrons. The second-order valence-corrected chi connectivity index (χ2v) is 9.03. The lowest BCUT2D eigenvalue weighted by Gasteiger charge is -2.20. The van der Waals surface area contributed by atoms with E-state index in [9.17, 15) is 9.90 Å². The summed E-state index contributed by atoms with van der Waals surface area (Å²) in [6, 6.07) is 16.1. The van der Waals surface area contributed by atoms with Gasteiger partial charge < -0.3 is 20.1 Å². The lowest BCUT2D eigenvalue weighted by Crippen LogP contribution is -2.29. The summed E-state index contributed by atoms with van der Waals surface area (Å²) in [6.45, 7) is 3.84. The van der Waals surface area contributed by atoms with Crippen LogP contribution in [0.5, 0.6) is 11.5 Å². The number of ether oxygens (including phenoxy) is 1. The van der Waals surface area contributed by atoms with Crippen LogP contribution in [-0.2, 0) is 0 Å². The van der Waals surface area contributed by atoms with Gasteiger partial charge >= 0.3 is 0 Å². The van der Waals surface area contributed by atoms with Crippen LogP contribution < -0.4 is 15.6 Å². The second kappa shape index (κ2) is 9.07. The lowest BCUT2D eigenvalue weighted by molar-refractivity contribution is 0.373. The van der Waals surface area contributed by atoms with E-state index in [1.54, 1.807) is 33.5 Å². The number of anilines is 1. The van der Waals surface area contributed by atoms with E-state index >= 15 is 0 Å². The van der Waals surface area contributed by atoms with Gasteiger partial charge in [-0.2, -0.15) is 5.10 Å². The Balaban J connectivity index is 1.49. The number of nitrogens with zero attached hydrogens (tertiary/aromatic N) is 5. The Kier molecular flexibility index (Phi) is 5.56.